The lowest BCUT2D eigenvalue weighted by Gasteiger charge is -2.09. The van der Waals surface area contributed by atoms with Gasteiger partial charge in [-0.2, -0.15) is 0 Å². The van der Waals surface area contributed by atoms with Gasteiger partial charge < -0.3 is 19.5 Å². The highest BCUT2D eigenvalue weighted by Crippen LogP contribution is 2.33. The van der Waals surface area contributed by atoms with E-state index in [0.717, 1.165) is 0 Å². The maximum absolute atomic E-state index is 12.4. The number of nitrogens with one attached hydrogen (secondary N) is 1. The molecule has 0 unspecified atom stereocenters. The highest BCUT2D eigenvalue weighted by Gasteiger charge is 2.18. The Hall–Kier alpha value is -2.80. The summed E-state index contributed by atoms with van der Waals surface area (Å²) in [6, 6.07) is 12.1. The highest BCUT2D eigenvalue weighted by atomic mass is 79.9. The minimum absolute atomic E-state index is 0.0159. The van der Waals surface area contributed by atoms with Crippen molar-refractivity contribution in [1.82, 2.24) is 5.32 Å². The summed E-state index contributed by atoms with van der Waals surface area (Å²) in [5.74, 6) is 0.132. The first-order valence-electron chi connectivity index (χ1n) is 7.34. The lowest BCUT2D eigenvalue weighted by Crippen LogP contribution is -2.28. The summed E-state index contributed by atoms with van der Waals surface area (Å²) in [5.41, 5.74) is 1.09. The molecule has 1 heterocycles. The van der Waals surface area contributed by atoms with Gasteiger partial charge in [-0.15, -0.1) is 0 Å². The second kappa shape index (κ2) is 7.40. The molecule has 3 rings (SSSR count). The molecular weight excluding hydrogens is 390 g/mol. The highest BCUT2D eigenvalue weighted by molar-refractivity contribution is 9.10. The van der Waals surface area contributed by atoms with Crippen molar-refractivity contribution in [1.29, 1.82) is 0 Å². The van der Waals surface area contributed by atoms with Gasteiger partial charge in [0, 0.05) is 4.47 Å². The van der Waals surface area contributed by atoms with Gasteiger partial charge in [-0.1, -0.05) is 18.2 Å². The van der Waals surface area contributed by atoms with Crippen molar-refractivity contribution < 1.29 is 23.8 Å². The number of ether oxygens (including phenoxy) is 3. The van der Waals surface area contributed by atoms with Crippen LogP contribution in [0, 0.1) is 0 Å². The standard InChI is InChI=1S/C18H14BrNO5/c1-23-18(22)14(20-17(21)12-4-2-3-5-13(12)19)8-11-6-7-15-16(9-11)25-10-24-15/h2-9H,10H2,1H3,(H,20,21)/b14-8-. The molecular formula is C18H14BrNO5. The molecule has 0 saturated heterocycles. The minimum atomic E-state index is -0.655. The molecule has 0 aromatic heterocycles. The van der Waals surface area contributed by atoms with E-state index in [2.05, 4.69) is 21.2 Å². The third-order valence-electron chi connectivity index (χ3n) is 3.48. The Balaban J connectivity index is 1.88. The number of carbonyl (C=O) groups is 2. The summed E-state index contributed by atoms with van der Waals surface area (Å²) in [5, 5.41) is 2.59. The maximum atomic E-state index is 12.4. The van der Waals surface area contributed by atoms with Gasteiger partial charge in [-0.05, 0) is 51.8 Å². The van der Waals surface area contributed by atoms with Crippen molar-refractivity contribution in [2.75, 3.05) is 13.9 Å². The quantitative estimate of drug-likeness (QED) is 0.626. The molecule has 0 radical (unpaired) electrons. The average Bonchev–Trinajstić information content (AvgIpc) is 3.08. The molecule has 2 aromatic carbocycles. The third kappa shape index (κ3) is 3.83. The van der Waals surface area contributed by atoms with Crippen molar-refractivity contribution in [2.24, 2.45) is 0 Å². The van der Waals surface area contributed by atoms with Crippen LogP contribution in [0.3, 0.4) is 0 Å². The van der Waals surface area contributed by atoms with Crippen LogP contribution in [0.1, 0.15) is 15.9 Å². The number of hydrogen-bond donors (Lipinski definition) is 1. The third-order valence-corrected chi connectivity index (χ3v) is 4.17. The molecule has 0 fully saturated rings. The van der Waals surface area contributed by atoms with Crippen molar-refractivity contribution in [3.05, 3.63) is 63.8 Å². The lowest BCUT2D eigenvalue weighted by atomic mass is 10.1. The SMILES string of the molecule is COC(=O)/C(=C/c1ccc2c(c1)OCO2)NC(=O)c1ccccc1Br. The van der Waals surface area contributed by atoms with E-state index in [-0.39, 0.29) is 12.5 Å². The van der Waals surface area contributed by atoms with Gasteiger partial charge in [0.05, 0.1) is 12.7 Å². The molecule has 1 N–H and O–H groups in total. The summed E-state index contributed by atoms with van der Waals surface area (Å²) in [7, 11) is 1.25. The maximum Gasteiger partial charge on any atom is 0.354 e. The largest absolute Gasteiger partial charge is 0.464 e. The molecule has 1 aliphatic rings. The fraction of sp³-hybridized carbons (Fsp3) is 0.111. The van der Waals surface area contributed by atoms with E-state index < -0.39 is 11.9 Å². The fourth-order valence-electron chi connectivity index (χ4n) is 2.26. The smallest absolute Gasteiger partial charge is 0.354 e. The number of fused-ring (bicyclic) bond motifs is 1. The Kier molecular flexibility index (Phi) is 5.04. The van der Waals surface area contributed by atoms with Crippen LogP contribution in [0.5, 0.6) is 11.5 Å². The topological polar surface area (TPSA) is 73.9 Å². The van der Waals surface area contributed by atoms with E-state index in [9.17, 15) is 9.59 Å². The molecule has 0 bridgehead atoms. The Morgan fingerprint density at radius 3 is 2.68 bits per heavy atom. The lowest BCUT2D eigenvalue weighted by molar-refractivity contribution is -0.136. The molecule has 2 aromatic rings. The first-order valence-corrected chi connectivity index (χ1v) is 8.13. The number of hydrogen-bond acceptors (Lipinski definition) is 5. The second-order valence-corrected chi connectivity index (χ2v) is 5.95. The molecule has 0 spiro atoms. The Morgan fingerprint density at radius 2 is 1.92 bits per heavy atom. The summed E-state index contributed by atoms with van der Waals surface area (Å²) in [6.45, 7) is 0.158. The van der Waals surface area contributed by atoms with Crippen LogP contribution in [0.15, 0.2) is 52.6 Å². The normalized spacial score (nSPS) is 12.6. The molecule has 128 valence electrons. The second-order valence-electron chi connectivity index (χ2n) is 5.10. The molecule has 7 heteroatoms. The molecule has 1 amide bonds. The minimum Gasteiger partial charge on any atom is -0.464 e. The van der Waals surface area contributed by atoms with Crippen LogP contribution < -0.4 is 14.8 Å². The zero-order valence-corrected chi connectivity index (χ0v) is 14.8. The number of amides is 1. The van der Waals surface area contributed by atoms with E-state index in [1.54, 1.807) is 42.5 Å². The summed E-state index contributed by atoms with van der Waals surface area (Å²) >= 11 is 3.31. The van der Waals surface area contributed by atoms with Crippen LogP contribution in [0.2, 0.25) is 0 Å². The number of esters is 1. The van der Waals surface area contributed by atoms with Crippen molar-refractivity contribution >= 4 is 33.9 Å². The predicted octanol–water partition coefficient (Wildman–Crippen LogP) is 3.12. The van der Waals surface area contributed by atoms with Gasteiger partial charge in [0.1, 0.15) is 5.70 Å². The zero-order chi connectivity index (χ0) is 17.8. The Morgan fingerprint density at radius 1 is 1.16 bits per heavy atom. The van der Waals surface area contributed by atoms with Crippen molar-refractivity contribution in [2.45, 2.75) is 0 Å². The van der Waals surface area contributed by atoms with E-state index in [1.807, 2.05) is 0 Å². The van der Waals surface area contributed by atoms with Gasteiger partial charge in [-0.25, -0.2) is 4.79 Å². The monoisotopic (exact) mass is 403 g/mol. The average molecular weight is 404 g/mol. The summed E-state index contributed by atoms with van der Waals surface area (Å²) in [6.07, 6.45) is 1.52. The molecule has 0 saturated carbocycles. The first kappa shape index (κ1) is 17.0. The molecule has 6 nitrogen and oxygen atoms in total. The number of rotatable bonds is 4. The van der Waals surface area contributed by atoms with E-state index in [4.69, 9.17) is 14.2 Å². The van der Waals surface area contributed by atoms with Gasteiger partial charge in [-0.3, -0.25) is 4.79 Å². The number of halogens is 1. The zero-order valence-electron chi connectivity index (χ0n) is 13.2. The molecule has 0 atom stereocenters. The Bertz CT molecular complexity index is 862. The first-order chi connectivity index (χ1) is 12.1. The van der Waals surface area contributed by atoms with Gasteiger partial charge in [0.25, 0.3) is 5.91 Å². The van der Waals surface area contributed by atoms with Crippen LogP contribution in [0.25, 0.3) is 6.08 Å². The number of benzene rings is 2. The van der Waals surface area contributed by atoms with Gasteiger partial charge in [0.2, 0.25) is 6.79 Å². The van der Waals surface area contributed by atoms with Gasteiger partial charge >= 0.3 is 5.97 Å². The van der Waals surface area contributed by atoms with E-state index in [1.165, 1.54) is 13.2 Å². The van der Waals surface area contributed by atoms with E-state index in [0.29, 0.717) is 27.1 Å². The van der Waals surface area contributed by atoms with E-state index >= 15 is 0 Å². The molecule has 25 heavy (non-hydrogen) atoms. The number of methoxy groups -OCH3 is 1. The van der Waals surface area contributed by atoms with Crippen LogP contribution in [-0.4, -0.2) is 25.8 Å². The van der Waals surface area contributed by atoms with Gasteiger partial charge in [0.15, 0.2) is 11.5 Å². The van der Waals surface area contributed by atoms with Crippen LogP contribution in [-0.2, 0) is 9.53 Å². The summed E-state index contributed by atoms with van der Waals surface area (Å²) in [4.78, 5) is 24.5. The summed E-state index contributed by atoms with van der Waals surface area (Å²) < 4.78 is 15.9. The molecule has 0 aliphatic carbocycles. The Labute approximate surface area is 152 Å². The number of carbonyl (C=O) groups excluding carboxylic acids is 2. The predicted molar refractivity (Wildman–Crippen MR) is 94.2 cm³/mol. The van der Waals surface area contributed by atoms with Crippen molar-refractivity contribution in [3.63, 3.8) is 0 Å². The van der Waals surface area contributed by atoms with Crippen LogP contribution in [0.4, 0.5) is 0 Å². The van der Waals surface area contributed by atoms with Crippen molar-refractivity contribution in [3.8, 4) is 11.5 Å². The molecule has 1 aliphatic heterocycles. The van der Waals surface area contributed by atoms with Crippen LogP contribution >= 0.6 is 15.9 Å². The fourth-order valence-corrected chi connectivity index (χ4v) is 2.73.